The Kier molecular flexibility index (Phi) is 9.29. The molecule has 0 aliphatic heterocycles. The van der Waals surface area contributed by atoms with Crippen LogP contribution >= 0.6 is 0 Å². The highest BCUT2D eigenvalue weighted by molar-refractivity contribution is 5.88. The average Bonchev–Trinajstić information content (AvgIpc) is 3.24. The second-order valence-corrected chi connectivity index (χ2v) is 8.16. The first kappa shape index (κ1) is 25.1. The molecular weight excluding hydrogens is 430 g/mol. The van der Waals surface area contributed by atoms with Crippen LogP contribution in [0.4, 0.5) is 5.69 Å². The smallest absolute Gasteiger partial charge is 0.328 e. The summed E-state index contributed by atoms with van der Waals surface area (Å²) >= 11 is 0. The maximum absolute atomic E-state index is 11.2. The van der Waals surface area contributed by atoms with Crippen LogP contribution < -0.4 is 9.64 Å². The van der Waals surface area contributed by atoms with Crippen molar-refractivity contribution in [1.82, 2.24) is 9.78 Å². The van der Waals surface area contributed by atoms with Crippen molar-refractivity contribution in [1.29, 1.82) is 0 Å². The molecule has 0 spiro atoms. The third-order valence-corrected chi connectivity index (χ3v) is 5.35. The van der Waals surface area contributed by atoms with E-state index in [9.17, 15) is 4.79 Å². The summed E-state index contributed by atoms with van der Waals surface area (Å²) in [7, 11) is 3.87. The van der Waals surface area contributed by atoms with Crippen molar-refractivity contribution in [3.05, 3.63) is 72.1 Å². The number of rotatable bonds is 13. The Bertz CT molecular complexity index is 1090. The molecular formula is C27H33N3O4. The van der Waals surface area contributed by atoms with Crippen LogP contribution in [0.5, 0.6) is 5.75 Å². The maximum atomic E-state index is 11.2. The standard InChI is InChI=1S/C27H33N3O4/c1-4-5-14-33-15-16-34-25-10-6-22(7-11-25)23-8-12-26(24(17-23)9-13-27(31)32)29(2)19-21-18-28-30(3)20-21/h6-13,17-18,20H,4-5,14-16,19H2,1-3H3,(H,31,32). The third kappa shape index (κ3) is 7.49. The van der Waals surface area contributed by atoms with E-state index in [1.165, 1.54) is 6.08 Å². The Morgan fingerprint density at radius 2 is 1.88 bits per heavy atom. The number of hydrogen-bond acceptors (Lipinski definition) is 5. The molecule has 7 heteroatoms. The van der Waals surface area contributed by atoms with E-state index in [1.807, 2.05) is 69.0 Å². The summed E-state index contributed by atoms with van der Waals surface area (Å²) in [5.41, 5.74) is 4.87. The van der Waals surface area contributed by atoms with Crippen LogP contribution in [0.3, 0.4) is 0 Å². The normalized spacial score (nSPS) is 11.1. The molecule has 0 aliphatic carbocycles. The molecule has 0 fully saturated rings. The highest BCUT2D eigenvalue weighted by Gasteiger charge is 2.10. The lowest BCUT2D eigenvalue weighted by Gasteiger charge is -2.22. The number of hydrogen-bond donors (Lipinski definition) is 1. The summed E-state index contributed by atoms with van der Waals surface area (Å²) in [5.74, 6) is -0.187. The van der Waals surface area contributed by atoms with Crippen LogP contribution in [-0.2, 0) is 23.1 Å². The molecule has 0 bridgehead atoms. The van der Waals surface area contributed by atoms with Crippen LogP contribution in [0, 0.1) is 0 Å². The number of ether oxygens (including phenoxy) is 2. The monoisotopic (exact) mass is 463 g/mol. The second-order valence-electron chi connectivity index (χ2n) is 8.16. The quantitative estimate of drug-likeness (QED) is 0.283. The second kappa shape index (κ2) is 12.6. The van der Waals surface area contributed by atoms with E-state index in [0.717, 1.165) is 53.1 Å². The van der Waals surface area contributed by atoms with Crippen molar-refractivity contribution in [3.63, 3.8) is 0 Å². The fourth-order valence-corrected chi connectivity index (χ4v) is 3.60. The van der Waals surface area contributed by atoms with E-state index in [-0.39, 0.29) is 0 Å². The third-order valence-electron chi connectivity index (χ3n) is 5.35. The van der Waals surface area contributed by atoms with E-state index in [0.29, 0.717) is 19.8 Å². The maximum Gasteiger partial charge on any atom is 0.328 e. The van der Waals surface area contributed by atoms with Crippen molar-refractivity contribution in [3.8, 4) is 16.9 Å². The van der Waals surface area contributed by atoms with Gasteiger partial charge < -0.3 is 19.5 Å². The number of benzene rings is 2. The first-order chi connectivity index (χ1) is 16.5. The molecule has 3 aromatic rings. The lowest BCUT2D eigenvalue weighted by Crippen LogP contribution is -2.17. The van der Waals surface area contributed by atoms with Gasteiger partial charge >= 0.3 is 5.97 Å². The number of aryl methyl sites for hydroxylation is 1. The number of carboxylic acids is 1. The number of anilines is 1. The van der Waals surface area contributed by atoms with Gasteiger partial charge in [-0.25, -0.2) is 4.79 Å². The molecule has 0 saturated carbocycles. The SMILES string of the molecule is CCCCOCCOc1ccc(-c2ccc(N(C)Cc3cnn(C)c3)c(C=CC(=O)O)c2)cc1. The van der Waals surface area contributed by atoms with Crippen LogP contribution in [0.1, 0.15) is 30.9 Å². The Morgan fingerprint density at radius 3 is 2.56 bits per heavy atom. The molecule has 0 unspecified atom stereocenters. The minimum absolute atomic E-state index is 0.519. The van der Waals surface area contributed by atoms with E-state index >= 15 is 0 Å². The van der Waals surface area contributed by atoms with Gasteiger partial charge in [-0.2, -0.15) is 5.10 Å². The van der Waals surface area contributed by atoms with Gasteiger partial charge in [0.25, 0.3) is 0 Å². The van der Waals surface area contributed by atoms with Crippen LogP contribution in [-0.4, -0.2) is 47.7 Å². The zero-order valence-electron chi connectivity index (χ0n) is 20.1. The lowest BCUT2D eigenvalue weighted by atomic mass is 10.0. The number of unbranched alkanes of at least 4 members (excludes halogenated alkanes) is 1. The molecule has 0 aliphatic rings. The van der Waals surface area contributed by atoms with Gasteiger partial charge in [0.1, 0.15) is 12.4 Å². The zero-order chi connectivity index (χ0) is 24.3. The molecule has 3 rings (SSSR count). The fraction of sp³-hybridized carbons (Fsp3) is 0.333. The van der Waals surface area contributed by atoms with E-state index < -0.39 is 5.97 Å². The van der Waals surface area contributed by atoms with Gasteiger partial charge in [-0.05, 0) is 53.5 Å². The number of aliphatic carboxylic acids is 1. The van der Waals surface area contributed by atoms with Crippen molar-refractivity contribution >= 4 is 17.7 Å². The van der Waals surface area contributed by atoms with E-state index in [1.54, 1.807) is 10.8 Å². The van der Waals surface area contributed by atoms with Gasteiger partial charge in [0.05, 0.1) is 12.8 Å². The predicted molar refractivity (Wildman–Crippen MR) is 135 cm³/mol. The van der Waals surface area contributed by atoms with Crippen molar-refractivity contribution in [2.75, 3.05) is 31.8 Å². The molecule has 1 aromatic heterocycles. The van der Waals surface area contributed by atoms with Crippen LogP contribution in [0.15, 0.2) is 60.9 Å². The van der Waals surface area contributed by atoms with Gasteiger partial charge in [-0.15, -0.1) is 0 Å². The van der Waals surface area contributed by atoms with Gasteiger partial charge in [-0.1, -0.05) is 31.5 Å². The summed E-state index contributed by atoms with van der Waals surface area (Å²) in [5, 5.41) is 13.4. The Balaban J connectivity index is 1.72. The average molecular weight is 464 g/mol. The van der Waals surface area contributed by atoms with Crippen molar-refractivity contribution in [2.45, 2.75) is 26.3 Å². The lowest BCUT2D eigenvalue weighted by molar-refractivity contribution is -0.131. The van der Waals surface area contributed by atoms with Crippen LogP contribution in [0.2, 0.25) is 0 Å². The molecule has 34 heavy (non-hydrogen) atoms. The minimum atomic E-state index is -0.980. The van der Waals surface area contributed by atoms with E-state index in [2.05, 4.69) is 16.9 Å². The fourth-order valence-electron chi connectivity index (χ4n) is 3.60. The Morgan fingerprint density at radius 1 is 1.12 bits per heavy atom. The van der Waals surface area contributed by atoms with Gasteiger partial charge in [0.2, 0.25) is 0 Å². The molecule has 0 amide bonds. The molecule has 1 N–H and O–H groups in total. The minimum Gasteiger partial charge on any atom is -0.491 e. The predicted octanol–water partition coefficient (Wildman–Crippen LogP) is 5.02. The molecule has 1 heterocycles. The molecule has 7 nitrogen and oxygen atoms in total. The molecule has 180 valence electrons. The summed E-state index contributed by atoms with van der Waals surface area (Å²) in [4.78, 5) is 13.3. The zero-order valence-corrected chi connectivity index (χ0v) is 20.1. The highest BCUT2D eigenvalue weighted by atomic mass is 16.5. The van der Waals surface area contributed by atoms with Crippen LogP contribution in [0.25, 0.3) is 17.2 Å². The molecule has 0 atom stereocenters. The van der Waals surface area contributed by atoms with E-state index in [4.69, 9.17) is 14.6 Å². The summed E-state index contributed by atoms with van der Waals surface area (Å²) in [6.45, 7) is 4.67. The Labute approximate surface area is 201 Å². The number of carboxylic acid groups (broad SMARTS) is 1. The van der Waals surface area contributed by atoms with Gasteiger partial charge in [0.15, 0.2) is 0 Å². The number of carbonyl (C=O) groups is 1. The Hall–Kier alpha value is -3.58. The number of aromatic nitrogens is 2. The molecule has 0 radical (unpaired) electrons. The van der Waals surface area contributed by atoms with Crippen molar-refractivity contribution < 1.29 is 19.4 Å². The molecule has 2 aromatic carbocycles. The summed E-state index contributed by atoms with van der Waals surface area (Å²) < 4.78 is 13.1. The first-order valence-corrected chi connectivity index (χ1v) is 11.5. The largest absolute Gasteiger partial charge is 0.491 e. The summed E-state index contributed by atoms with van der Waals surface area (Å²) in [6, 6.07) is 14.0. The van der Waals surface area contributed by atoms with Crippen molar-refractivity contribution in [2.24, 2.45) is 7.05 Å². The summed E-state index contributed by atoms with van der Waals surface area (Å²) in [6.07, 6.45) is 8.79. The number of nitrogens with zero attached hydrogens (tertiary/aromatic N) is 3. The topological polar surface area (TPSA) is 76.8 Å². The van der Waals surface area contributed by atoms with Gasteiger partial charge in [0, 0.05) is 50.8 Å². The first-order valence-electron chi connectivity index (χ1n) is 11.5. The van der Waals surface area contributed by atoms with Gasteiger partial charge in [-0.3, -0.25) is 4.68 Å². The highest BCUT2D eigenvalue weighted by Crippen LogP contribution is 2.30. The molecule has 0 saturated heterocycles.